The van der Waals surface area contributed by atoms with Crippen LogP contribution in [0.4, 0.5) is 0 Å². The van der Waals surface area contributed by atoms with Gasteiger partial charge in [0.2, 0.25) is 0 Å². The fourth-order valence-corrected chi connectivity index (χ4v) is 2.56. The first-order chi connectivity index (χ1) is 7.88. The summed E-state index contributed by atoms with van der Waals surface area (Å²) in [7, 11) is 0. The van der Waals surface area contributed by atoms with E-state index in [0.717, 1.165) is 26.2 Å². The second-order valence-corrected chi connectivity index (χ2v) is 4.82. The minimum Gasteiger partial charge on any atom is -0.302 e. The Morgan fingerprint density at radius 2 is 1.25 bits per heavy atom. The van der Waals surface area contributed by atoms with Crippen molar-refractivity contribution in [1.29, 1.82) is 5.26 Å². The molecule has 0 aliphatic carbocycles. The summed E-state index contributed by atoms with van der Waals surface area (Å²) < 4.78 is 0. The second kappa shape index (κ2) is 6.19. The summed E-state index contributed by atoms with van der Waals surface area (Å²) in [4.78, 5) is 7.35. The molecule has 0 radical (unpaired) electrons. The smallest absolute Gasteiger partial charge is 0.0866 e. The van der Waals surface area contributed by atoms with E-state index in [1.165, 1.54) is 39.0 Å². The number of piperazine rings is 1. The Balaban J connectivity index is 1.60. The minimum atomic E-state index is 0.597. The molecule has 4 heteroatoms. The molecule has 0 aromatic rings. The molecule has 0 amide bonds. The number of hydrogen-bond donors (Lipinski definition) is 0. The van der Waals surface area contributed by atoms with E-state index in [9.17, 15) is 0 Å². The molecule has 2 heterocycles. The molecule has 2 aliphatic heterocycles. The van der Waals surface area contributed by atoms with E-state index in [1.54, 1.807) is 0 Å². The largest absolute Gasteiger partial charge is 0.302 e. The van der Waals surface area contributed by atoms with Gasteiger partial charge in [0, 0.05) is 39.3 Å². The molecule has 0 N–H and O–H groups in total. The molecule has 0 atom stereocenters. The molecule has 0 aromatic carbocycles. The zero-order valence-electron chi connectivity index (χ0n) is 10.1. The number of nitriles is 1. The maximum atomic E-state index is 8.62. The fraction of sp³-hybridized carbons (Fsp3) is 0.917. The maximum Gasteiger partial charge on any atom is 0.0866 e. The highest BCUT2D eigenvalue weighted by atomic mass is 15.3. The number of likely N-dealkylation sites (tertiary alicyclic amines) is 1. The third kappa shape index (κ3) is 3.44. The first-order valence-electron chi connectivity index (χ1n) is 6.42. The third-order valence-electron chi connectivity index (χ3n) is 3.69. The Labute approximate surface area is 98.4 Å². The van der Waals surface area contributed by atoms with Gasteiger partial charge in [-0.1, -0.05) is 0 Å². The summed E-state index contributed by atoms with van der Waals surface area (Å²) in [5, 5.41) is 8.62. The van der Waals surface area contributed by atoms with E-state index in [-0.39, 0.29) is 0 Å². The van der Waals surface area contributed by atoms with Gasteiger partial charge in [0.1, 0.15) is 0 Å². The highest BCUT2D eigenvalue weighted by molar-refractivity contribution is 4.81. The Kier molecular flexibility index (Phi) is 4.58. The Morgan fingerprint density at radius 3 is 1.81 bits per heavy atom. The van der Waals surface area contributed by atoms with Crippen molar-refractivity contribution in [3.05, 3.63) is 0 Å². The number of rotatable bonds is 4. The van der Waals surface area contributed by atoms with Crippen molar-refractivity contribution in [2.45, 2.75) is 12.8 Å². The van der Waals surface area contributed by atoms with Gasteiger partial charge in [0.25, 0.3) is 0 Å². The predicted octanol–water partition coefficient (Wildman–Crippen LogP) is 0.223. The normalized spacial score (nSPS) is 24.7. The van der Waals surface area contributed by atoms with Crippen LogP contribution in [-0.4, -0.2) is 73.6 Å². The zero-order valence-corrected chi connectivity index (χ0v) is 10.1. The average Bonchev–Trinajstić information content (AvgIpc) is 2.82. The lowest BCUT2D eigenvalue weighted by atomic mass is 10.3. The number of nitrogens with zero attached hydrogens (tertiary/aromatic N) is 4. The Hall–Kier alpha value is -0.630. The van der Waals surface area contributed by atoms with Gasteiger partial charge in [-0.05, 0) is 25.9 Å². The van der Waals surface area contributed by atoms with E-state index in [1.807, 2.05) is 0 Å². The van der Waals surface area contributed by atoms with Crippen molar-refractivity contribution in [2.75, 3.05) is 58.9 Å². The van der Waals surface area contributed by atoms with Gasteiger partial charge >= 0.3 is 0 Å². The maximum absolute atomic E-state index is 8.62. The molecule has 2 aliphatic rings. The van der Waals surface area contributed by atoms with Crippen molar-refractivity contribution < 1.29 is 0 Å². The Bertz CT molecular complexity index is 234. The van der Waals surface area contributed by atoms with E-state index in [4.69, 9.17) is 5.26 Å². The molecule has 90 valence electrons. The van der Waals surface area contributed by atoms with Crippen LogP contribution in [0.2, 0.25) is 0 Å². The molecule has 0 spiro atoms. The minimum absolute atomic E-state index is 0.597. The van der Waals surface area contributed by atoms with E-state index in [0.29, 0.717) is 6.54 Å². The van der Waals surface area contributed by atoms with Crippen molar-refractivity contribution >= 4 is 0 Å². The van der Waals surface area contributed by atoms with Crippen molar-refractivity contribution in [1.82, 2.24) is 14.7 Å². The highest BCUT2D eigenvalue weighted by Crippen LogP contribution is 2.07. The molecule has 0 unspecified atom stereocenters. The van der Waals surface area contributed by atoms with Gasteiger partial charge in [-0.3, -0.25) is 9.80 Å². The molecule has 0 bridgehead atoms. The van der Waals surface area contributed by atoms with Crippen LogP contribution in [0.15, 0.2) is 0 Å². The summed E-state index contributed by atoms with van der Waals surface area (Å²) >= 11 is 0. The SMILES string of the molecule is N#CCN1CCN(CCN2CCCC2)CC1. The van der Waals surface area contributed by atoms with Crippen molar-refractivity contribution in [2.24, 2.45) is 0 Å². The topological polar surface area (TPSA) is 33.5 Å². The van der Waals surface area contributed by atoms with E-state index < -0.39 is 0 Å². The third-order valence-corrected chi connectivity index (χ3v) is 3.69. The predicted molar refractivity (Wildman–Crippen MR) is 64.2 cm³/mol. The van der Waals surface area contributed by atoms with Crippen LogP contribution >= 0.6 is 0 Å². The molecule has 2 saturated heterocycles. The van der Waals surface area contributed by atoms with Crippen LogP contribution in [0.5, 0.6) is 0 Å². The quantitative estimate of drug-likeness (QED) is 0.637. The van der Waals surface area contributed by atoms with Gasteiger partial charge in [-0.2, -0.15) is 5.26 Å². The highest BCUT2D eigenvalue weighted by Gasteiger charge is 2.17. The first-order valence-corrected chi connectivity index (χ1v) is 6.42. The lowest BCUT2D eigenvalue weighted by Crippen LogP contribution is -2.48. The Morgan fingerprint density at radius 1 is 0.750 bits per heavy atom. The molecule has 4 nitrogen and oxygen atoms in total. The van der Waals surface area contributed by atoms with E-state index in [2.05, 4.69) is 20.8 Å². The lowest BCUT2D eigenvalue weighted by Gasteiger charge is -2.34. The van der Waals surface area contributed by atoms with Crippen LogP contribution < -0.4 is 0 Å². The van der Waals surface area contributed by atoms with E-state index >= 15 is 0 Å². The van der Waals surface area contributed by atoms with Crippen LogP contribution in [0.25, 0.3) is 0 Å². The summed E-state index contributed by atoms with van der Waals surface area (Å²) in [5.74, 6) is 0. The summed E-state index contributed by atoms with van der Waals surface area (Å²) in [6, 6.07) is 2.23. The standard InChI is InChI=1S/C12H22N4/c13-3-6-15-8-11-16(12-9-15)10-7-14-4-1-2-5-14/h1-2,4-12H2. The van der Waals surface area contributed by atoms with Crippen LogP contribution in [0, 0.1) is 11.3 Å². The van der Waals surface area contributed by atoms with Crippen LogP contribution in [-0.2, 0) is 0 Å². The monoisotopic (exact) mass is 222 g/mol. The lowest BCUT2D eigenvalue weighted by molar-refractivity contribution is 0.132. The van der Waals surface area contributed by atoms with Crippen molar-refractivity contribution in [3.63, 3.8) is 0 Å². The van der Waals surface area contributed by atoms with Crippen LogP contribution in [0.1, 0.15) is 12.8 Å². The van der Waals surface area contributed by atoms with Gasteiger partial charge in [-0.15, -0.1) is 0 Å². The fourth-order valence-electron chi connectivity index (χ4n) is 2.56. The van der Waals surface area contributed by atoms with Crippen LogP contribution in [0.3, 0.4) is 0 Å². The van der Waals surface area contributed by atoms with Gasteiger partial charge in [0.15, 0.2) is 0 Å². The van der Waals surface area contributed by atoms with Crippen molar-refractivity contribution in [3.8, 4) is 6.07 Å². The molecule has 0 saturated carbocycles. The second-order valence-electron chi connectivity index (χ2n) is 4.82. The molecule has 16 heavy (non-hydrogen) atoms. The molecule has 2 fully saturated rings. The first kappa shape index (κ1) is 11.8. The summed E-state index contributed by atoms with van der Waals surface area (Å²) in [6.07, 6.45) is 2.77. The van der Waals surface area contributed by atoms with Gasteiger partial charge < -0.3 is 4.90 Å². The van der Waals surface area contributed by atoms with Gasteiger partial charge in [0.05, 0.1) is 12.6 Å². The zero-order chi connectivity index (χ0) is 11.2. The molecule has 2 rings (SSSR count). The average molecular weight is 222 g/mol. The number of hydrogen-bond acceptors (Lipinski definition) is 4. The molecular formula is C12H22N4. The molecule has 0 aromatic heterocycles. The molecular weight excluding hydrogens is 200 g/mol. The van der Waals surface area contributed by atoms with Gasteiger partial charge in [-0.25, -0.2) is 0 Å². The summed E-state index contributed by atoms with van der Waals surface area (Å²) in [6.45, 7) is 10.0. The summed E-state index contributed by atoms with van der Waals surface area (Å²) in [5.41, 5.74) is 0.